The quantitative estimate of drug-likeness (QED) is 0.682. The van der Waals surface area contributed by atoms with Crippen molar-refractivity contribution in [1.29, 1.82) is 0 Å². The number of esters is 1. The maximum atomic E-state index is 12.5. The third-order valence-electron chi connectivity index (χ3n) is 8.05. The Hall–Kier alpha value is -1.45. The summed E-state index contributed by atoms with van der Waals surface area (Å²) in [5.41, 5.74) is 0.763. The Kier molecular flexibility index (Phi) is 3.75. The van der Waals surface area contributed by atoms with Gasteiger partial charge in [-0.05, 0) is 55.9 Å². The minimum atomic E-state index is -0.355. The summed E-state index contributed by atoms with van der Waals surface area (Å²) in [5, 5.41) is 0. The average Bonchev–Trinajstić information content (AvgIpc) is 2.84. The lowest BCUT2D eigenvalue weighted by Gasteiger charge is -2.58. The van der Waals surface area contributed by atoms with Gasteiger partial charge in [0.05, 0.1) is 0 Å². The van der Waals surface area contributed by atoms with Gasteiger partial charge in [-0.15, -0.1) is 0 Å². The first kappa shape index (κ1) is 17.0. The van der Waals surface area contributed by atoms with Crippen LogP contribution >= 0.6 is 0 Å². The van der Waals surface area contributed by atoms with Gasteiger partial charge in [0, 0.05) is 30.6 Å². The molecule has 0 aromatic carbocycles. The summed E-state index contributed by atoms with van der Waals surface area (Å²) >= 11 is 0. The number of rotatable bonds is 1. The lowest BCUT2D eigenvalue weighted by molar-refractivity contribution is -0.163. The van der Waals surface area contributed by atoms with Crippen LogP contribution in [-0.2, 0) is 19.1 Å². The highest BCUT2D eigenvalue weighted by Crippen LogP contribution is 2.64. The summed E-state index contributed by atoms with van der Waals surface area (Å²) in [6.07, 6.45) is 7.35. The van der Waals surface area contributed by atoms with E-state index in [-0.39, 0.29) is 28.7 Å². The van der Waals surface area contributed by atoms with Gasteiger partial charge >= 0.3 is 5.97 Å². The lowest BCUT2D eigenvalue weighted by Crippen LogP contribution is -2.56. The zero-order chi connectivity index (χ0) is 18.0. The molecule has 0 aromatic rings. The maximum Gasteiger partial charge on any atom is 0.302 e. The summed E-state index contributed by atoms with van der Waals surface area (Å²) in [7, 11) is 0. The summed E-state index contributed by atoms with van der Waals surface area (Å²) in [4.78, 5) is 36.3. The van der Waals surface area contributed by atoms with Crippen LogP contribution in [0.15, 0.2) is 11.6 Å². The van der Waals surface area contributed by atoms with E-state index in [1.165, 1.54) is 12.5 Å². The van der Waals surface area contributed by atoms with Gasteiger partial charge < -0.3 is 4.74 Å². The monoisotopic (exact) mass is 344 g/mol. The van der Waals surface area contributed by atoms with Crippen LogP contribution in [0.3, 0.4) is 0 Å². The van der Waals surface area contributed by atoms with Gasteiger partial charge in [0.1, 0.15) is 11.9 Å². The van der Waals surface area contributed by atoms with Crippen molar-refractivity contribution in [1.82, 2.24) is 0 Å². The van der Waals surface area contributed by atoms with Crippen molar-refractivity contribution in [2.24, 2.45) is 28.6 Å². The van der Waals surface area contributed by atoms with Crippen molar-refractivity contribution in [3.8, 4) is 0 Å². The predicted molar refractivity (Wildman–Crippen MR) is 92.7 cm³/mol. The van der Waals surface area contributed by atoms with Crippen molar-refractivity contribution in [2.75, 3.05) is 0 Å². The minimum Gasteiger partial charge on any atom is -0.461 e. The van der Waals surface area contributed by atoms with Crippen LogP contribution in [0.25, 0.3) is 0 Å². The van der Waals surface area contributed by atoms with E-state index in [4.69, 9.17) is 4.74 Å². The molecule has 4 aliphatic rings. The summed E-state index contributed by atoms with van der Waals surface area (Å²) in [6.45, 7) is 5.81. The smallest absolute Gasteiger partial charge is 0.302 e. The first-order valence-electron chi connectivity index (χ1n) is 9.71. The molecule has 136 valence electrons. The van der Waals surface area contributed by atoms with Gasteiger partial charge in [0.2, 0.25) is 0 Å². The van der Waals surface area contributed by atoms with E-state index in [9.17, 15) is 14.4 Å². The first-order valence-corrected chi connectivity index (χ1v) is 9.71. The Balaban J connectivity index is 1.73. The minimum absolute atomic E-state index is 0.0777. The standard InChI is InChI=1S/C21H28O4/c1-12(22)25-19-11-14(23)10-13-4-5-15-16-6-7-18(24)20(16,2)9-8-17(15)21(13,19)3/h10,15-17,19H,4-9,11H2,1-3H3/t15-,16-,17+,19?,20-,21-/m0/s1. The van der Waals surface area contributed by atoms with Gasteiger partial charge in [-0.3, -0.25) is 14.4 Å². The van der Waals surface area contributed by atoms with Crippen LogP contribution in [0, 0.1) is 28.6 Å². The molecule has 4 nitrogen and oxygen atoms in total. The van der Waals surface area contributed by atoms with Crippen molar-refractivity contribution >= 4 is 17.5 Å². The molecule has 4 heteroatoms. The molecule has 0 bridgehead atoms. The van der Waals surface area contributed by atoms with E-state index < -0.39 is 0 Å². The summed E-state index contributed by atoms with van der Waals surface area (Å²) in [6, 6.07) is 0. The number of carbonyl (C=O) groups is 3. The average molecular weight is 344 g/mol. The molecule has 25 heavy (non-hydrogen) atoms. The highest BCUT2D eigenvalue weighted by atomic mass is 16.5. The van der Waals surface area contributed by atoms with Crippen LogP contribution in [-0.4, -0.2) is 23.6 Å². The van der Waals surface area contributed by atoms with Crippen LogP contribution in [0.2, 0.25) is 0 Å². The van der Waals surface area contributed by atoms with E-state index in [0.29, 0.717) is 30.0 Å². The fourth-order valence-electron chi connectivity index (χ4n) is 6.72. The summed E-state index contributed by atoms with van der Waals surface area (Å²) < 4.78 is 5.67. The Morgan fingerprint density at radius 3 is 2.60 bits per heavy atom. The van der Waals surface area contributed by atoms with Crippen molar-refractivity contribution in [3.05, 3.63) is 11.6 Å². The third kappa shape index (κ3) is 2.29. The number of ether oxygens (including phenoxy) is 1. The molecule has 0 heterocycles. The van der Waals surface area contributed by atoms with E-state index >= 15 is 0 Å². The van der Waals surface area contributed by atoms with E-state index in [1.807, 2.05) is 6.08 Å². The van der Waals surface area contributed by atoms with Crippen molar-refractivity contribution < 1.29 is 19.1 Å². The second-order valence-corrected chi connectivity index (χ2v) is 9.05. The van der Waals surface area contributed by atoms with Crippen molar-refractivity contribution in [3.63, 3.8) is 0 Å². The highest BCUT2D eigenvalue weighted by Gasteiger charge is 2.61. The second-order valence-electron chi connectivity index (χ2n) is 9.05. The second kappa shape index (κ2) is 5.52. The molecule has 0 saturated heterocycles. The Morgan fingerprint density at radius 2 is 1.88 bits per heavy atom. The topological polar surface area (TPSA) is 60.4 Å². The zero-order valence-corrected chi connectivity index (χ0v) is 15.5. The Morgan fingerprint density at radius 1 is 1.12 bits per heavy atom. The Labute approximate surface area is 149 Å². The van der Waals surface area contributed by atoms with Crippen LogP contribution in [0.1, 0.15) is 65.7 Å². The molecule has 3 saturated carbocycles. The molecule has 0 aromatic heterocycles. The first-order chi connectivity index (χ1) is 11.8. The Bertz CT molecular complexity index is 677. The molecule has 4 rings (SSSR count). The number of hydrogen-bond acceptors (Lipinski definition) is 4. The number of Topliss-reactive ketones (excluding diaryl/α,β-unsaturated/α-hetero) is 1. The SMILES string of the molecule is CC(=O)OC1CC(=O)C=C2CC[C@@H]3[C@@H](CC[C@]4(C)C(=O)CC[C@@H]34)[C@]21C. The molecular formula is C21H28O4. The fraction of sp³-hybridized carbons (Fsp3) is 0.762. The van der Waals surface area contributed by atoms with E-state index in [2.05, 4.69) is 13.8 Å². The normalized spacial score (nSPS) is 46.0. The van der Waals surface area contributed by atoms with E-state index in [0.717, 1.165) is 38.5 Å². The van der Waals surface area contributed by atoms with Crippen LogP contribution in [0.5, 0.6) is 0 Å². The van der Waals surface area contributed by atoms with Crippen molar-refractivity contribution in [2.45, 2.75) is 71.8 Å². The lowest BCUT2D eigenvalue weighted by atomic mass is 9.47. The van der Waals surface area contributed by atoms with Gasteiger partial charge in [-0.2, -0.15) is 0 Å². The van der Waals surface area contributed by atoms with Gasteiger partial charge in [-0.1, -0.05) is 19.4 Å². The molecule has 0 aliphatic heterocycles. The molecule has 4 aliphatic carbocycles. The predicted octanol–water partition coefficient (Wildman–Crippen LogP) is 3.63. The zero-order valence-electron chi connectivity index (χ0n) is 15.5. The largest absolute Gasteiger partial charge is 0.461 e. The number of hydrogen-bond donors (Lipinski definition) is 0. The number of ketones is 2. The third-order valence-corrected chi connectivity index (χ3v) is 8.05. The van der Waals surface area contributed by atoms with Gasteiger partial charge in [-0.25, -0.2) is 0 Å². The highest BCUT2D eigenvalue weighted by molar-refractivity contribution is 5.92. The molecular weight excluding hydrogens is 316 g/mol. The maximum absolute atomic E-state index is 12.5. The van der Waals surface area contributed by atoms with Crippen LogP contribution < -0.4 is 0 Å². The molecule has 0 radical (unpaired) electrons. The van der Waals surface area contributed by atoms with Gasteiger partial charge in [0.15, 0.2) is 5.78 Å². The molecule has 3 fully saturated rings. The van der Waals surface area contributed by atoms with Gasteiger partial charge in [0.25, 0.3) is 0 Å². The van der Waals surface area contributed by atoms with Crippen LogP contribution in [0.4, 0.5) is 0 Å². The van der Waals surface area contributed by atoms with E-state index in [1.54, 1.807) is 0 Å². The fourth-order valence-corrected chi connectivity index (χ4v) is 6.72. The molecule has 0 amide bonds. The summed E-state index contributed by atoms with van der Waals surface area (Å²) in [5.74, 6) is 1.56. The number of fused-ring (bicyclic) bond motifs is 5. The molecule has 1 unspecified atom stereocenters. The molecule has 0 N–H and O–H groups in total. The molecule has 0 spiro atoms. The number of carbonyl (C=O) groups excluding carboxylic acids is 3. The molecule has 6 atom stereocenters.